The monoisotopic (exact) mass is 286 g/mol. The van der Waals surface area contributed by atoms with Crippen LogP contribution < -0.4 is 10.6 Å². The minimum absolute atomic E-state index is 0.116. The molecule has 0 aliphatic rings. The van der Waals surface area contributed by atoms with Gasteiger partial charge in [0.1, 0.15) is 15.4 Å². The molecule has 0 saturated heterocycles. The third kappa shape index (κ3) is 3.17. The average molecular weight is 286 g/mol. The highest BCUT2D eigenvalue weighted by molar-refractivity contribution is 7.19. The molecule has 0 spiro atoms. The Kier molecular flexibility index (Phi) is 5.17. The highest BCUT2D eigenvalue weighted by Crippen LogP contribution is 2.38. The van der Waals surface area contributed by atoms with Gasteiger partial charge in [-0.25, -0.2) is 9.59 Å². The Morgan fingerprint density at radius 1 is 1.16 bits per heavy atom. The first-order valence-corrected chi connectivity index (χ1v) is 6.69. The Morgan fingerprint density at radius 3 is 2.16 bits per heavy atom. The number of hydrogen-bond donors (Lipinski definition) is 1. The second-order valence-electron chi connectivity index (χ2n) is 3.86. The van der Waals surface area contributed by atoms with Crippen molar-refractivity contribution in [1.82, 2.24) is 0 Å². The quantitative estimate of drug-likeness (QED) is 0.830. The van der Waals surface area contributed by atoms with Gasteiger partial charge < -0.3 is 20.1 Å². The van der Waals surface area contributed by atoms with Gasteiger partial charge in [-0.05, 0) is 13.8 Å². The molecular weight excluding hydrogens is 268 g/mol. The van der Waals surface area contributed by atoms with E-state index in [0.29, 0.717) is 5.00 Å². The number of rotatable bonds is 5. The summed E-state index contributed by atoms with van der Waals surface area (Å²) in [6.45, 7) is 3.92. The molecule has 6 nitrogen and oxygen atoms in total. The highest BCUT2D eigenvalue weighted by atomic mass is 32.1. The Balaban J connectivity index is 3.28. The minimum Gasteiger partial charge on any atom is -0.462 e. The van der Waals surface area contributed by atoms with Gasteiger partial charge >= 0.3 is 11.9 Å². The zero-order chi connectivity index (χ0) is 14.6. The molecule has 0 fully saturated rings. The maximum absolute atomic E-state index is 11.9. The zero-order valence-electron chi connectivity index (χ0n) is 11.5. The van der Waals surface area contributed by atoms with Gasteiger partial charge in [-0.2, -0.15) is 0 Å². The van der Waals surface area contributed by atoms with Crippen LogP contribution in [0.3, 0.4) is 0 Å². The van der Waals surface area contributed by atoms with Crippen LogP contribution in [0, 0.1) is 0 Å². The van der Waals surface area contributed by atoms with Crippen molar-refractivity contribution in [3.63, 3.8) is 0 Å². The molecule has 1 aromatic heterocycles. The number of carbonyl (C=O) groups excluding carboxylic acids is 2. The molecule has 2 N–H and O–H groups in total. The molecule has 1 aromatic rings. The standard InChI is InChI=1S/C12H18N2O4S/c1-5-17-11(15)7-8(13)9(12(16)18-6-2)19-10(7)14(3)4/h5-6,13H2,1-4H3. The molecular formula is C12H18N2O4S. The first kappa shape index (κ1) is 15.3. The summed E-state index contributed by atoms with van der Waals surface area (Å²) in [6, 6.07) is 0. The summed E-state index contributed by atoms with van der Waals surface area (Å²) >= 11 is 1.12. The average Bonchev–Trinajstić information content (AvgIpc) is 2.67. The van der Waals surface area contributed by atoms with E-state index in [1.54, 1.807) is 32.8 Å². The maximum atomic E-state index is 11.9. The van der Waals surface area contributed by atoms with Crippen LogP contribution in [0.1, 0.15) is 33.9 Å². The molecule has 1 heterocycles. The summed E-state index contributed by atoms with van der Waals surface area (Å²) in [5, 5.41) is 0.582. The number of carbonyl (C=O) groups is 2. The van der Waals surface area contributed by atoms with E-state index in [0.717, 1.165) is 11.3 Å². The molecule has 0 bridgehead atoms. The summed E-state index contributed by atoms with van der Waals surface area (Å²) in [6.07, 6.45) is 0. The second kappa shape index (κ2) is 6.42. The number of nitrogen functional groups attached to an aromatic ring is 1. The van der Waals surface area contributed by atoms with Crippen LogP contribution in [0.5, 0.6) is 0 Å². The van der Waals surface area contributed by atoms with Crippen LogP contribution in [0.15, 0.2) is 0 Å². The van der Waals surface area contributed by atoms with Crippen molar-refractivity contribution in [1.29, 1.82) is 0 Å². The number of esters is 2. The van der Waals surface area contributed by atoms with Gasteiger partial charge in [0.05, 0.1) is 18.9 Å². The predicted octanol–water partition coefficient (Wildman–Crippen LogP) is 1.75. The summed E-state index contributed by atoms with van der Waals surface area (Å²) in [5.74, 6) is -1.06. The van der Waals surface area contributed by atoms with E-state index >= 15 is 0 Å². The number of ether oxygens (including phenoxy) is 2. The van der Waals surface area contributed by atoms with E-state index in [2.05, 4.69) is 0 Å². The normalized spacial score (nSPS) is 10.1. The summed E-state index contributed by atoms with van der Waals surface area (Å²) < 4.78 is 9.88. The Labute approximate surface area is 116 Å². The third-order valence-corrected chi connectivity index (χ3v) is 3.63. The van der Waals surface area contributed by atoms with Gasteiger partial charge in [-0.15, -0.1) is 11.3 Å². The van der Waals surface area contributed by atoms with E-state index in [1.165, 1.54) is 0 Å². The van der Waals surface area contributed by atoms with Crippen molar-refractivity contribution in [3.8, 4) is 0 Å². The molecule has 0 aliphatic carbocycles. The number of hydrogen-bond acceptors (Lipinski definition) is 7. The van der Waals surface area contributed by atoms with Crippen LogP contribution in [-0.2, 0) is 9.47 Å². The Morgan fingerprint density at radius 2 is 1.68 bits per heavy atom. The summed E-state index contributed by atoms with van der Waals surface area (Å²) in [7, 11) is 3.53. The van der Waals surface area contributed by atoms with Crippen LogP contribution in [-0.4, -0.2) is 39.2 Å². The second-order valence-corrected chi connectivity index (χ2v) is 4.86. The Bertz CT molecular complexity index is 482. The minimum atomic E-state index is -0.532. The first-order valence-electron chi connectivity index (χ1n) is 5.87. The largest absolute Gasteiger partial charge is 0.462 e. The summed E-state index contributed by atoms with van der Waals surface area (Å²) in [5.41, 5.74) is 6.22. The molecule has 7 heteroatoms. The SMILES string of the molecule is CCOC(=O)c1sc(N(C)C)c(C(=O)OCC)c1N. The topological polar surface area (TPSA) is 81.9 Å². The fourth-order valence-electron chi connectivity index (χ4n) is 1.50. The molecule has 19 heavy (non-hydrogen) atoms. The summed E-state index contributed by atoms with van der Waals surface area (Å²) in [4.78, 5) is 25.6. The molecule has 0 aliphatic heterocycles. The lowest BCUT2D eigenvalue weighted by Gasteiger charge is -2.11. The van der Waals surface area contributed by atoms with Crippen LogP contribution >= 0.6 is 11.3 Å². The number of anilines is 2. The van der Waals surface area contributed by atoms with E-state index in [1.807, 2.05) is 0 Å². The lowest BCUT2D eigenvalue weighted by molar-refractivity contribution is 0.0528. The fraction of sp³-hybridized carbons (Fsp3) is 0.500. The van der Waals surface area contributed by atoms with Gasteiger partial charge in [0, 0.05) is 14.1 Å². The maximum Gasteiger partial charge on any atom is 0.350 e. The molecule has 0 radical (unpaired) electrons. The molecule has 0 unspecified atom stereocenters. The van der Waals surface area contributed by atoms with Crippen LogP contribution in [0.4, 0.5) is 10.7 Å². The van der Waals surface area contributed by atoms with Crippen molar-refractivity contribution < 1.29 is 19.1 Å². The Hall–Kier alpha value is -1.76. The zero-order valence-corrected chi connectivity index (χ0v) is 12.3. The van der Waals surface area contributed by atoms with Crippen molar-refractivity contribution in [2.24, 2.45) is 0 Å². The lowest BCUT2D eigenvalue weighted by atomic mass is 10.2. The van der Waals surface area contributed by atoms with Crippen LogP contribution in [0.25, 0.3) is 0 Å². The molecule has 106 valence electrons. The van der Waals surface area contributed by atoms with Crippen molar-refractivity contribution in [2.45, 2.75) is 13.8 Å². The van der Waals surface area contributed by atoms with Crippen LogP contribution in [0.2, 0.25) is 0 Å². The van der Waals surface area contributed by atoms with Crippen molar-refractivity contribution in [3.05, 3.63) is 10.4 Å². The molecule has 1 rings (SSSR count). The van der Waals surface area contributed by atoms with Gasteiger partial charge in [0.2, 0.25) is 0 Å². The van der Waals surface area contributed by atoms with Gasteiger partial charge in [0.25, 0.3) is 0 Å². The highest BCUT2D eigenvalue weighted by Gasteiger charge is 2.28. The molecule has 0 atom stereocenters. The van der Waals surface area contributed by atoms with Gasteiger partial charge in [0.15, 0.2) is 0 Å². The van der Waals surface area contributed by atoms with Gasteiger partial charge in [-0.3, -0.25) is 0 Å². The smallest absolute Gasteiger partial charge is 0.350 e. The number of nitrogens with zero attached hydrogens (tertiary/aromatic N) is 1. The van der Waals surface area contributed by atoms with E-state index in [4.69, 9.17) is 15.2 Å². The predicted molar refractivity (Wildman–Crippen MR) is 75.0 cm³/mol. The molecule has 0 saturated carbocycles. The first-order chi connectivity index (χ1) is 8.93. The fourth-order valence-corrected chi connectivity index (χ4v) is 2.52. The van der Waals surface area contributed by atoms with E-state index in [9.17, 15) is 9.59 Å². The third-order valence-electron chi connectivity index (χ3n) is 2.27. The van der Waals surface area contributed by atoms with Crippen molar-refractivity contribution in [2.75, 3.05) is 37.9 Å². The molecule has 0 amide bonds. The van der Waals surface area contributed by atoms with E-state index in [-0.39, 0.29) is 29.3 Å². The number of thiophene rings is 1. The number of nitrogens with two attached hydrogens (primary N) is 1. The van der Waals surface area contributed by atoms with E-state index < -0.39 is 11.9 Å². The van der Waals surface area contributed by atoms with Gasteiger partial charge in [-0.1, -0.05) is 0 Å². The molecule has 0 aromatic carbocycles. The lowest BCUT2D eigenvalue weighted by Crippen LogP contribution is -2.14. The van der Waals surface area contributed by atoms with Crippen molar-refractivity contribution >= 4 is 34.0 Å².